The lowest BCUT2D eigenvalue weighted by Crippen LogP contribution is -2.21. The van der Waals surface area contributed by atoms with Gasteiger partial charge in [-0.1, -0.05) is 35.9 Å². The van der Waals surface area contributed by atoms with Crippen molar-refractivity contribution < 1.29 is 9.15 Å². The summed E-state index contributed by atoms with van der Waals surface area (Å²) in [5, 5.41) is 7.97. The van der Waals surface area contributed by atoms with E-state index in [1.165, 1.54) is 6.21 Å². The molecule has 4 N–H and O–H groups in total. The summed E-state index contributed by atoms with van der Waals surface area (Å²) in [5.41, 5.74) is 12.7. The first-order valence-electron chi connectivity index (χ1n) is 8.09. The third-order valence-electron chi connectivity index (χ3n) is 3.65. The van der Waals surface area contributed by atoms with Crippen LogP contribution in [0.2, 0.25) is 5.02 Å². The molecule has 0 atom stereocenters. The van der Waals surface area contributed by atoms with Crippen LogP contribution in [0.3, 0.4) is 0 Å². The molecule has 7 nitrogen and oxygen atoms in total. The lowest BCUT2D eigenvalue weighted by Gasteiger charge is -2.07. The Morgan fingerprint density at radius 2 is 1.93 bits per heavy atom. The van der Waals surface area contributed by atoms with Crippen LogP contribution in [0.25, 0.3) is 11.5 Å². The summed E-state index contributed by atoms with van der Waals surface area (Å²) in [6.07, 6.45) is 1.51. The van der Waals surface area contributed by atoms with Crippen LogP contribution in [-0.2, 0) is 6.61 Å². The Morgan fingerprint density at radius 1 is 1.19 bits per heavy atom. The van der Waals surface area contributed by atoms with Gasteiger partial charge in [-0.25, -0.2) is 4.98 Å². The first kappa shape index (κ1) is 18.5. The molecule has 0 radical (unpaired) electrons. The zero-order valence-corrected chi connectivity index (χ0v) is 15.3. The molecule has 0 bridgehead atoms. The highest BCUT2D eigenvalue weighted by Crippen LogP contribution is 2.29. The van der Waals surface area contributed by atoms with E-state index >= 15 is 0 Å². The van der Waals surface area contributed by atoms with E-state index in [1.54, 1.807) is 6.07 Å². The van der Waals surface area contributed by atoms with E-state index in [0.717, 1.165) is 11.1 Å². The zero-order chi connectivity index (χ0) is 19.2. The van der Waals surface area contributed by atoms with E-state index in [4.69, 9.17) is 32.2 Å². The minimum atomic E-state index is -0.116. The number of oxazole rings is 1. The number of hydrogen-bond acceptors (Lipinski definition) is 5. The van der Waals surface area contributed by atoms with Crippen LogP contribution in [0.5, 0.6) is 5.75 Å². The third kappa shape index (κ3) is 4.65. The van der Waals surface area contributed by atoms with Crippen LogP contribution < -0.4 is 16.2 Å². The number of ether oxygens (including phenoxy) is 1. The minimum Gasteiger partial charge on any atom is -0.486 e. The first-order chi connectivity index (χ1) is 13.0. The Morgan fingerprint density at radius 3 is 2.70 bits per heavy atom. The van der Waals surface area contributed by atoms with Gasteiger partial charge in [-0.2, -0.15) is 5.10 Å². The molecule has 1 heterocycles. The standard InChI is InChI=1S/C19H18ClN5O2/c1-12-16(24-18(27-12)14-7-3-4-8-15(14)20)11-26-17-9-5-2-6-13(17)10-23-25-19(21)22/h2-10H,11H2,1H3,(H4,21,22,25). The second-order valence-corrected chi connectivity index (χ2v) is 6.00. The van der Waals surface area contributed by atoms with Crippen molar-refractivity contribution in [2.45, 2.75) is 13.5 Å². The number of halogens is 1. The van der Waals surface area contributed by atoms with Crippen molar-refractivity contribution in [3.63, 3.8) is 0 Å². The van der Waals surface area contributed by atoms with E-state index in [0.29, 0.717) is 28.1 Å². The lowest BCUT2D eigenvalue weighted by molar-refractivity contribution is 0.299. The van der Waals surface area contributed by atoms with Crippen LogP contribution in [-0.4, -0.2) is 17.2 Å². The number of aromatic nitrogens is 1. The quantitative estimate of drug-likeness (QED) is 0.384. The molecule has 8 heteroatoms. The fourth-order valence-corrected chi connectivity index (χ4v) is 2.55. The number of rotatable bonds is 6. The summed E-state index contributed by atoms with van der Waals surface area (Å²) >= 11 is 6.21. The molecule has 3 rings (SSSR count). The number of nitrogens with two attached hydrogens (primary N) is 2. The van der Waals surface area contributed by atoms with E-state index in [1.807, 2.05) is 49.4 Å². The molecular weight excluding hydrogens is 366 g/mol. The first-order valence-corrected chi connectivity index (χ1v) is 8.47. The van der Waals surface area contributed by atoms with Gasteiger partial charge in [0.05, 0.1) is 16.8 Å². The molecule has 0 amide bonds. The Balaban J connectivity index is 1.78. The van der Waals surface area contributed by atoms with Gasteiger partial charge in [-0.3, -0.25) is 0 Å². The normalized spacial score (nSPS) is 10.9. The summed E-state index contributed by atoms with van der Waals surface area (Å²) in [6, 6.07) is 14.8. The molecule has 1 aromatic heterocycles. The SMILES string of the molecule is Cc1oc(-c2ccccc2Cl)nc1COc1ccccc1C=NN=C(N)N. The number of para-hydroxylation sites is 1. The van der Waals surface area contributed by atoms with Crippen molar-refractivity contribution in [3.05, 3.63) is 70.6 Å². The van der Waals surface area contributed by atoms with Crippen molar-refractivity contribution >= 4 is 23.8 Å². The summed E-state index contributed by atoms with van der Waals surface area (Å²) in [5.74, 6) is 1.62. The summed E-state index contributed by atoms with van der Waals surface area (Å²) in [4.78, 5) is 4.51. The number of hydrogen-bond donors (Lipinski definition) is 2. The predicted octanol–water partition coefficient (Wildman–Crippen LogP) is 3.49. The molecular formula is C19H18ClN5O2. The van der Waals surface area contributed by atoms with Crippen molar-refractivity contribution in [1.29, 1.82) is 0 Å². The van der Waals surface area contributed by atoms with E-state index in [2.05, 4.69) is 15.2 Å². The highest BCUT2D eigenvalue weighted by molar-refractivity contribution is 6.33. The molecule has 27 heavy (non-hydrogen) atoms. The smallest absolute Gasteiger partial charge is 0.228 e. The molecule has 0 unspecified atom stereocenters. The molecule has 0 spiro atoms. The number of nitrogens with zero attached hydrogens (tertiary/aromatic N) is 3. The minimum absolute atomic E-state index is 0.116. The van der Waals surface area contributed by atoms with Gasteiger partial charge in [0.2, 0.25) is 11.9 Å². The van der Waals surface area contributed by atoms with Crippen molar-refractivity contribution in [2.75, 3.05) is 0 Å². The van der Waals surface area contributed by atoms with Crippen LogP contribution in [0.4, 0.5) is 0 Å². The molecule has 0 saturated heterocycles. The topological polar surface area (TPSA) is 112 Å². The van der Waals surface area contributed by atoms with Gasteiger partial charge in [0.25, 0.3) is 0 Å². The fourth-order valence-electron chi connectivity index (χ4n) is 2.33. The van der Waals surface area contributed by atoms with Gasteiger partial charge in [-0.15, -0.1) is 5.10 Å². The van der Waals surface area contributed by atoms with E-state index in [-0.39, 0.29) is 12.6 Å². The molecule has 0 aliphatic carbocycles. The second-order valence-electron chi connectivity index (χ2n) is 5.60. The highest BCUT2D eigenvalue weighted by atomic mass is 35.5. The van der Waals surface area contributed by atoms with Crippen molar-refractivity contribution in [3.8, 4) is 17.2 Å². The largest absolute Gasteiger partial charge is 0.486 e. The Bertz CT molecular complexity index is 993. The third-order valence-corrected chi connectivity index (χ3v) is 3.98. The average Bonchev–Trinajstić information content (AvgIpc) is 3.01. The monoisotopic (exact) mass is 383 g/mol. The maximum absolute atomic E-state index is 6.21. The van der Waals surface area contributed by atoms with Gasteiger partial charge in [0.15, 0.2) is 0 Å². The van der Waals surface area contributed by atoms with Gasteiger partial charge < -0.3 is 20.6 Å². The second kappa shape index (κ2) is 8.37. The lowest BCUT2D eigenvalue weighted by atomic mass is 10.2. The van der Waals surface area contributed by atoms with Crippen LogP contribution in [0.15, 0.2) is 63.2 Å². The average molecular weight is 384 g/mol. The fraction of sp³-hybridized carbons (Fsp3) is 0.105. The Hall–Kier alpha value is -3.32. The Labute approximate surface area is 161 Å². The van der Waals surface area contributed by atoms with Crippen molar-refractivity contribution in [2.24, 2.45) is 21.7 Å². The van der Waals surface area contributed by atoms with Gasteiger partial charge >= 0.3 is 0 Å². The van der Waals surface area contributed by atoms with Crippen molar-refractivity contribution in [1.82, 2.24) is 4.98 Å². The summed E-state index contributed by atoms with van der Waals surface area (Å²) in [6.45, 7) is 2.06. The van der Waals surface area contributed by atoms with Crippen LogP contribution in [0, 0.1) is 6.92 Å². The van der Waals surface area contributed by atoms with Gasteiger partial charge in [-0.05, 0) is 31.2 Å². The van der Waals surface area contributed by atoms with Gasteiger partial charge in [0.1, 0.15) is 23.8 Å². The van der Waals surface area contributed by atoms with Gasteiger partial charge in [0, 0.05) is 5.56 Å². The summed E-state index contributed by atoms with van der Waals surface area (Å²) < 4.78 is 11.6. The molecule has 0 aliphatic heterocycles. The summed E-state index contributed by atoms with van der Waals surface area (Å²) in [7, 11) is 0. The zero-order valence-electron chi connectivity index (χ0n) is 14.6. The molecule has 0 fully saturated rings. The molecule has 138 valence electrons. The molecule has 0 saturated carbocycles. The molecule has 2 aromatic carbocycles. The number of guanidine groups is 1. The number of benzene rings is 2. The maximum atomic E-state index is 6.21. The maximum Gasteiger partial charge on any atom is 0.228 e. The predicted molar refractivity (Wildman–Crippen MR) is 106 cm³/mol. The van der Waals surface area contributed by atoms with E-state index < -0.39 is 0 Å². The highest BCUT2D eigenvalue weighted by Gasteiger charge is 2.14. The molecule has 0 aliphatic rings. The molecule has 3 aromatic rings. The van der Waals surface area contributed by atoms with Crippen LogP contribution in [0.1, 0.15) is 17.0 Å². The Kier molecular flexibility index (Phi) is 5.73. The van der Waals surface area contributed by atoms with E-state index in [9.17, 15) is 0 Å². The number of aryl methyl sites for hydroxylation is 1. The van der Waals surface area contributed by atoms with Crippen LogP contribution >= 0.6 is 11.6 Å².